The molecule has 0 saturated heterocycles. The van der Waals surface area contributed by atoms with Crippen LogP contribution in [0.4, 0.5) is 5.69 Å². The Kier molecular flexibility index (Phi) is 6.74. The van der Waals surface area contributed by atoms with E-state index >= 15 is 0 Å². The minimum Gasteiger partial charge on any atom is -0.394 e. The summed E-state index contributed by atoms with van der Waals surface area (Å²) in [6.07, 6.45) is 6.49. The number of hydrogen-bond donors (Lipinski definition) is 4. The highest BCUT2D eigenvalue weighted by Crippen LogP contribution is 2.23. The van der Waals surface area contributed by atoms with Crippen LogP contribution in [-0.4, -0.2) is 47.6 Å². The highest BCUT2D eigenvalue weighted by Gasteiger charge is 2.14. The Balaban J connectivity index is 1.22. The molecule has 0 spiro atoms. The monoisotopic (exact) mass is 499 g/mol. The first kappa shape index (κ1) is 24.3. The number of nitrogens with one attached hydrogen (secondary N) is 2. The van der Waals surface area contributed by atoms with Crippen LogP contribution in [0.3, 0.4) is 0 Å². The van der Waals surface area contributed by atoms with Crippen LogP contribution >= 0.6 is 0 Å². The summed E-state index contributed by atoms with van der Waals surface area (Å²) in [6.45, 7) is 2.55. The summed E-state index contributed by atoms with van der Waals surface area (Å²) >= 11 is 0. The van der Waals surface area contributed by atoms with Gasteiger partial charge in [0.05, 0.1) is 35.5 Å². The van der Waals surface area contributed by atoms with Crippen molar-refractivity contribution in [1.82, 2.24) is 24.1 Å². The lowest BCUT2D eigenvalue weighted by molar-refractivity contribution is -0.116. The van der Waals surface area contributed by atoms with Crippen LogP contribution < -0.4 is 11.1 Å². The summed E-state index contributed by atoms with van der Waals surface area (Å²) in [5.74, 6) is 0.109. The number of rotatable bonds is 10. The number of aliphatic hydroxyl groups excluding tert-OH is 1. The van der Waals surface area contributed by atoms with E-state index in [0.29, 0.717) is 25.8 Å². The molecule has 3 heterocycles. The summed E-state index contributed by atoms with van der Waals surface area (Å²) in [5.41, 5.74) is 10.2. The molecule has 0 aliphatic rings. The Morgan fingerprint density at radius 2 is 2.08 bits per heavy atom. The van der Waals surface area contributed by atoms with E-state index in [1.807, 2.05) is 55.6 Å². The third-order valence-electron chi connectivity index (χ3n) is 6.60. The van der Waals surface area contributed by atoms with Crippen LogP contribution in [-0.2, 0) is 17.8 Å². The number of nitrogens with zero attached hydrogens (tertiary/aromatic N) is 4. The lowest BCUT2D eigenvalue weighted by Crippen LogP contribution is -2.15. The fourth-order valence-electron chi connectivity index (χ4n) is 4.54. The van der Waals surface area contributed by atoms with E-state index in [9.17, 15) is 14.7 Å². The van der Waals surface area contributed by atoms with Crippen molar-refractivity contribution in [2.75, 3.05) is 11.9 Å². The number of aromatic nitrogens is 5. The molecule has 0 saturated carbocycles. The number of para-hydroxylation sites is 1. The second-order valence-corrected chi connectivity index (χ2v) is 9.18. The molecule has 10 nitrogen and oxygen atoms in total. The van der Waals surface area contributed by atoms with Gasteiger partial charge in [-0.1, -0.05) is 18.2 Å². The molecule has 10 heteroatoms. The number of carbonyl (C=O) groups excluding carboxylic acids is 2. The Labute approximate surface area is 213 Å². The standard InChI is InChI=1S/C27H29N7O3/c1-17-3-2-4-21-26(17)32-24(31-21)7-8-25(36)30-19-6-5-18-9-11-33(23(18)13-19)12-10-20(15-35)34-14-22(27(28)37)29-16-34/h2-6,9,11,13-14,16,20,35H,7-8,10,12,15H2,1H3,(H2,28,37)(H,30,36)(H,31,32)/t20-/m1/s1. The van der Waals surface area contributed by atoms with Gasteiger partial charge in [0, 0.05) is 37.5 Å². The Morgan fingerprint density at radius 3 is 2.84 bits per heavy atom. The van der Waals surface area contributed by atoms with Crippen molar-refractivity contribution in [2.45, 2.75) is 38.8 Å². The molecular weight excluding hydrogens is 470 g/mol. The number of H-pyrrole nitrogens is 1. The van der Waals surface area contributed by atoms with E-state index in [-0.39, 0.29) is 24.2 Å². The van der Waals surface area contributed by atoms with Gasteiger partial charge in [-0.2, -0.15) is 0 Å². The normalized spacial score (nSPS) is 12.3. The van der Waals surface area contributed by atoms with Crippen molar-refractivity contribution in [1.29, 1.82) is 0 Å². The third kappa shape index (κ3) is 5.24. The van der Waals surface area contributed by atoms with Crippen molar-refractivity contribution in [3.63, 3.8) is 0 Å². The van der Waals surface area contributed by atoms with Crippen molar-refractivity contribution >= 4 is 39.4 Å². The molecule has 5 N–H and O–H groups in total. The second-order valence-electron chi connectivity index (χ2n) is 9.18. The summed E-state index contributed by atoms with van der Waals surface area (Å²) < 4.78 is 3.79. The zero-order valence-electron chi connectivity index (χ0n) is 20.5. The summed E-state index contributed by atoms with van der Waals surface area (Å²) in [4.78, 5) is 35.9. The van der Waals surface area contributed by atoms with Gasteiger partial charge in [-0.3, -0.25) is 9.59 Å². The Morgan fingerprint density at radius 1 is 1.22 bits per heavy atom. The van der Waals surface area contributed by atoms with Crippen LogP contribution in [0.5, 0.6) is 0 Å². The molecular formula is C27H29N7O3. The third-order valence-corrected chi connectivity index (χ3v) is 6.60. The van der Waals surface area contributed by atoms with E-state index < -0.39 is 5.91 Å². The van der Waals surface area contributed by atoms with Crippen LogP contribution in [0.15, 0.2) is 61.2 Å². The molecule has 0 aliphatic carbocycles. The molecule has 37 heavy (non-hydrogen) atoms. The average Bonchev–Trinajstić information content (AvgIpc) is 3.62. The molecule has 2 aromatic carbocycles. The second kappa shape index (κ2) is 10.3. The lowest BCUT2D eigenvalue weighted by Gasteiger charge is -2.16. The van der Waals surface area contributed by atoms with E-state index in [1.54, 1.807) is 10.8 Å². The zero-order chi connectivity index (χ0) is 25.9. The number of anilines is 1. The predicted molar refractivity (Wildman–Crippen MR) is 141 cm³/mol. The minimum atomic E-state index is -0.603. The first-order valence-electron chi connectivity index (χ1n) is 12.2. The number of imidazole rings is 2. The zero-order valence-corrected chi connectivity index (χ0v) is 20.5. The van der Waals surface area contributed by atoms with Gasteiger partial charge in [0.2, 0.25) is 5.91 Å². The highest BCUT2D eigenvalue weighted by molar-refractivity contribution is 5.94. The minimum absolute atomic E-state index is 0.0830. The summed E-state index contributed by atoms with van der Waals surface area (Å²) in [5, 5.41) is 13.9. The Hall–Kier alpha value is -4.44. The molecule has 0 aliphatic heterocycles. The highest BCUT2D eigenvalue weighted by atomic mass is 16.3. The number of fused-ring (bicyclic) bond motifs is 2. The van der Waals surface area contributed by atoms with E-state index in [1.165, 1.54) is 6.33 Å². The smallest absolute Gasteiger partial charge is 0.268 e. The quantitative estimate of drug-likeness (QED) is 0.233. The molecule has 5 rings (SSSR count). The number of hydrogen-bond acceptors (Lipinski definition) is 5. The molecule has 190 valence electrons. The van der Waals surface area contributed by atoms with Crippen LogP contribution in [0.25, 0.3) is 21.9 Å². The molecule has 0 fully saturated rings. The maximum Gasteiger partial charge on any atom is 0.268 e. The number of amides is 2. The van der Waals surface area contributed by atoms with Gasteiger partial charge in [-0.05, 0) is 48.6 Å². The predicted octanol–water partition coefficient (Wildman–Crippen LogP) is 3.32. The van der Waals surface area contributed by atoms with E-state index in [4.69, 9.17) is 5.73 Å². The van der Waals surface area contributed by atoms with E-state index in [2.05, 4.69) is 24.8 Å². The average molecular weight is 500 g/mol. The van der Waals surface area contributed by atoms with Gasteiger partial charge in [-0.15, -0.1) is 0 Å². The van der Waals surface area contributed by atoms with Crippen molar-refractivity contribution in [2.24, 2.45) is 5.73 Å². The van der Waals surface area contributed by atoms with Gasteiger partial charge in [0.1, 0.15) is 11.5 Å². The maximum absolute atomic E-state index is 12.7. The van der Waals surface area contributed by atoms with Gasteiger partial charge in [-0.25, -0.2) is 9.97 Å². The molecule has 0 bridgehead atoms. The van der Waals surface area contributed by atoms with E-state index in [0.717, 1.165) is 39.0 Å². The lowest BCUT2D eigenvalue weighted by atomic mass is 10.2. The molecule has 0 unspecified atom stereocenters. The molecule has 5 aromatic rings. The number of aryl methyl sites for hydroxylation is 3. The van der Waals surface area contributed by atoms with Gasteiger partial charge in [0.25, 0.3) is 5.91 Å². The summed E-state index contributed by atoms with van der Waals surface area (Å²) in [7, 11) is 0. The van der Waals surface area contributed by atoms with Crippen LogP contribution in [0.1, 0.15) is 40.8 Å². The largest absolute Gasteiger partial charge is 0.394 e. The Bertz CT molecular complexity index is 1580. The molecule has 1 atom stereocenters. The van der Waals surface area contributed by atoms with Crippen LogP contribution in [0.2, 0.25) is 0 Å². The molecule has 2 amide bonds. The SMILES string of the molecule is Cc1cccc2[nH]c(CCC(=O)Nc3ccc4ccn(CC[C@H](CO)n5cnc(C(N)=O)c5)c4c3)nc12. The number of primary amides is 1. The number of aliphatic hydroxyl groups is 1. The molecule has 3 aromatic heterocycles. The number of benzene rings is 2. The maximum atomic E-state index is 12.7. The molecule has 0 radical (unpaired) electrons. The van der Waals surface area contributed by atoms with Crippen molar-refractivity contribution < 1.29 is 14.7 Å². The first-order valence-corrected chi connectivity index (χ1v) is 12.2. The topological polar surface area (TPSA) is 144 Å². The van der Waals surface area contributed by atoms with Crippen LogP contribution in [0, 0.1) is 6.92 Å². The number of aromatic amines is 1. The van der Waals surface area contributed by atoms with Gasteiger partial charge >= 0.3 is 0 Å². The first-order chi connectivity index (χ1) is 17.9. The number of nitrogens with two attached hydrogens (primary N) is 1. The van der Waals surface area contributed by atoms with Gasteiger partial charge in [0.15, 0.2) is 0 Å². The van der Waals surface area contributed by atoms with Gasteiger partial charge < -0.3 is 30.3 Å². The number of carbonyl (C=O) groups is 2. The fraction of sp³-hybridized carbons (Fsp3) is 0.259. The fourth-order valence-corrected chi connectivity index (χ4v) is 4.54. The van der Waals surface area contributed by atoms with Crippen molar-refractivity contribution in [3.8, 4) is 0 Å². The summed E-state index contributed by atoms with van der Waals surface area (Å²) in [6, 6.07) is 13.6. The van der Waals surface area contributed by atoms with Crippen molar-refractivity contribution in [3.05, 3.63) is 78.3 Å².